The molecule has 20 heavy (non-hydrogen) atoms. The Labute approximate surface area is 119 Å². The highest BCUT2D eigenvalue weighted by molar-refractivity contribution is 5.65. The molecular weight excluding hydrogens is 256 g/mol. The molecule has 1 aliphatic rings. The van der Waals surface area contributed by atoms with Crippen molar-refractivity contribution >= 4 is 11.8 Å². The van der Waals surface area contributed by atoms with Crippen LogP contribution in [0.4, 0.5) is 5.82 Å². The summed E-state index contributed by atoms with van der Waals surface area (Å²) in [6, 6.07) is 4.15. The lowest BCUT2D eigenvalue weighted by Crippen LogP contribution is -2.37. The van der Waals surface area contributed by atoms with Crippen LogP contribution in [0.5, 0.6) is 0 Å². The Morgan fingerprint density at radius 1 is 1.35 bits per heavy atom. The minimum absolute atomic E-state index is 0.256. The predicted molar refractivity (Wildman–Crippen MR) is 76.8 cm³/mol. The molecule has 0 unspecified atom stereocenters. The van der Waals surface area contributed by atoms with Crippen molar-refractivity contribution in [3.63, 3.8) is 0 Å². The zero-order chi connectivity index (χ0) is 14.4. The van der Waals surface area contributed by atoms with E-state index in [2.05, 4.69) is 22.0 Å². The van der Waals surface area contributed by atoms with E-state index in [1.165, 1.54) is 12.5 Å². The molecule has 110 valence electrons. The number of anilines is 1. The number of hydrogen-bond acceptors (Lipinski definition) is 5. The molecule has 1 aromatic rings. The van der Waals surface area contributed by atoms with Gasteiger partial charge in [0.2, 0.25) is 0 Å². The van der Waals surface area contributed by atoms with Gasteiger partial charge in [-0.3, -0.25) is 4.79 Å². The topological polar surface area (TPSA) is 51.7 Å². The summed E-state index contributed by atoms with van der Waals surface area (Å²) in [4.78, 5) is 17.4. The molecule has 1 fully saturated rings. The predicted octanol–water partition coefficient (Wildman–Crippen LogP) is 1.94. The second-order valence-corrected chi connectivity index (χ2v) is 5.09. The van der Waals surface area contributed by atoms with E-state index >= 15 is 0 Å². The largest absolute Gasteiger partial charge is 0.463 e. The third-order valence-corrected chi connectivity index (χ3v) is 3.40. The molecule has 0 atom stereocenters. The van der Waals surface area contributed by atoms with Crippen LogP contribution >= 0.6 is 0 Å². The summed E-state index contributed by atoms with van der Waals surface area (Å²) in [6.45, 7) is 6.18. The van der Waals surface area contributed by atoms with Crippen LogP contribution in [0.2, 0.25) is 0 Å². The zero-order valence-corrected chi connectivity index (χ0v) is 12.2. The Hall–Kier alpha value is -1.62. The summed E-state index contributed by atoms with van der Waals surface area (Å²) >= 11 is 0. The highest BCUT2D eigenvalue weighted by Gasteiger charge is 2.20. The Balaban J connectivity index is 1.69. The number of piperidine rings is 1. The molecule has 1 saturated heterocycles. The maximum Gasteiger partial charge on any atom is 0.302 e. The van der Waals surface area contributed by atoms with Gasteiger partial charge in [-0.2, -0.15) is 0 Å². The standard InChI is InChI=1S/C15H22N2O3/c1-12-3-4-15(16-11-12)17-7-5-14(6-8-17)20-10-9-19-13(2)18/h3-4,11,14H,5-10H2,1-2H3. The van der Waals surface area contributed by atoms with Crippen LogP contribution in [0.25, 0.3) is 0 Å². The van der Waals surface area contributed by atoms with Crippen LogP contribution in [-0.2, 0) is 14.3 Å². The van der Waals surface area contributed by atoms with Gasteiger partial charge in [0.1, 0.15) is 12.4 Å². The lowest BCUT2D eigenvalue weighted by Gasteiger charge is -2.32. The van der Waals surface area contributed by atoms with Crippen molar-refractivity contribution in [1.82, 2.24) is 4.98 Å². The third kappa shape index (κ3) is 4.49. The first kappa shape index (κ1) is 14.8. The first-order valence-corrected chi connectivity index (χ1v) is 7.08. The molecular formula is C15H22N2O3. The quantitative estimate of drug-likeness (QED) is 0.608. The average Bonchev–Trinajstić information content (AvgIpc) is 2.45. The first-order chi connectivity index (χ1) is 9.65. The molecule has 0 N–H and O–H groups in total. The summed E-state index contributed by atoms with van der Waals surface area (Å²) < 4.78 is 10.6. The number of esters is 1. The number of carbonyl (C=O) groups excluding carboxylic acids is 1. The molecule has 0 amide bonds. The van der Waals surface area contributed by atoms with Crippen LogP contribution in [0, 0.1) is 6.92 Å². The molecule has 0 aromatic carbocycles. The number of carbonyl (C=O) groups is 1. The van der Waals surface area contributed by atoms with Crippen molar-refractivity contribution in [2.75, 3.05) is 31.2 Å². The van der Waals surface area contributed by atoms with Gasteiger partial charge in [0.05, 0.1) is 12.7 Å². The molecule has 0 bridgehead atoms. The number of aromatic nitrogens is 1. The average molecular weight is 278 g/mol. The van der Waals surface area contributed by atoms with Gasteiger partial charge < -0.3 is 14.4 Å². The van der Waals surface area contributed by atoms with E-state index in [1.807, 2.05) is 13.1 Å². The molecule has 1 aromatic heterocycles. The second-order valence-electron chi connectivity index (χ2n) is 5.09. The van der Waals surface area contributed by atoms with E-state index in [9.17, 15) is 4.79 Å². The summed E-state index contributed by atoms with van der Waals surface area (Å²) in [5.74, 6) is 0.780. The number of aryl methyl sites for hydroxylation is 1. The minimum Gasteiger partial charge on any atom is -0.463 e. The fourth-order valence-corrected chi connectivity index (χ4v) is 2.30. The maximum atomic E-state index is 10.6. The SMILES string of the molecule is CC(=O)OCCOC1CCN(c2ccc(C)cn2)CC1. The van der Waals surface area contributed by atoms with E-state index in [0.29, 0.717) is 13.2 Å². The van der Waals surface area contributed by atoms with Gasteiger partial charge in [-0.25, -0.2) is 4.98 Å². The van der Waals surface area contributed by atoms with Crippen molar-refractivity contribution in [3.05, 3.63) is 23.9 Å². The summed E-state index contributed by atoms with van der Waals surface area (Å²) in [7, 11) is 0. The molecule has 0 aliphatic carbocycles. The van der Waals surface area contributed by atoms with Gasteiger partial charge in [0.15, 0.2) is 0 Å². The van der Waals surface area contributed by atoms with E-state index in [1.54, 1.807) is 0 Å². The number of hydrogen-bond donors (Lipinski definition) is 0. The van der Waals surface area contributed by atoms with E-state index < -0.39 is 0 Å². The van der Waals surface area contributed by atoms with Gasteiger partial charge in [-0.05, 0) is 31.4 Å². The highest BCUT2D eigenvalue weighted by Crippen LogP contribution is 2.19. The Morgan fingerprint density at radius 2 is 2.10 bits per heavy atom. The van der Waals surface area contributed by atoms with Crippen molar-refractivity contribution in [3.8, 4) is 0 Å². The summed E-state index contributed by atoms with van der Waals surface area (Å²) in [5.41, 5.74) is 1.18. The van der Waals surface area contributed by atoms with Gasteiger partial charge in [-0.15, -0.1) is 0 Å². The third-order valence-electron chi connectivity index (χ3n) is 3.40. The molecule has 0 spiro atoms. The highest BCUT2D eigenvalue weighted by atomic mass is 16.6. The first-order valence-electron chi connectivity index (χ1n) is 7.08. The minimum atomic E-state index is -0.256. The lowest BCUT2D eigenvalue weighted by molar-refractivity contribution is -0.143. The summed E-state index contributed by atoms with van der Waals surface area (Å²) in [5, 5.41) is 0. The monoisotopic (exact) mass is 278 g/mol. The molecule has 0 saturated carbocycles. The van der Waals surface area contributed by atoms with Crippen molar-refractivity contribution in [2.24, 2.45) is 0 Å². The van der Waals surface area contributed by atoms with Crippen LogP contribution < -0.4 is 4.90 Å². The maximum absolute atomic E-state index is 10.6. The Bertz CT molecular complexity index is 425. The molecule has 1 aliphatic heterocycles. The van der Waals surface area contributed by atoms with E-state index in [4.69, 9.17) is 9.47 Å². The molecule has 5 nitrogen and oxygen atoms in total. The van der Waals surface area contributed by atoms with Crippen LogP contribution in [0.3, 0.4) is 0 Å². The Morgan fingerprint density at radius 3 is 2.70 bits per heavy atom. The fourth-order valence-electron chi connectivity index (χ4n) is 2.30. The van der Waals surface area contributed by atoms with Crippen molar-refractivity contribution < 1.29 is 14.3 Å². The van der Waals surface area contributed by atoms with Gasteiger partial charge >= 0.3 is 5.97 Å². The number of rotatable bonds is 5. The normalized spacial score (nSPS) is 16.2. The van der Waals surface area contributed by atoms with Gasteiger partial charge in [0, 0.05) is 26.2 Å². The smallest absolute Gasteiger partial charge is 0.302 e. The van der Waals surface area contributed by atoms with Crippen molar-refractivity contribution in [2.45, 2.75) is 32.8 Å². The van der Waals surface area contributed by atoms with Crippen LogP contribution in [-0.4, -0.2) is 43.4 Å². The Kier molecular flexibility index (Phi) is 5.35. The number of nitrogens with zero attached hydrogens (tertiary/aromatic N) is 2. The molecule has 5 heteroatoms. The second kappa shape index (κ2) is 7.24. The van der Waals surface area contributed by atoms with Crippen LogP contribution in [0.1, 0.15) is 25.3 Å². The number of pyridine rings is 1. The molecule has 2 heterocycles. The zero-order valence-electron chi connectivity index (χ0n) is 12.2. The van der Waals surface area contributed by atoms with Crippen LogP contribution in [0.15, 0.2) is 18.3 Å². The molecule has 2 rings (SSSR count). The van der Waals surface area contributed by atoms with E-state index in [0.717, 1.165) is 31.7 Å². The fraction of sp³-hybridized carbons (Fsp3) is 0.600. The van der Waals surface area contributed by atoms with E-state index in [-0.39, 0.29) is 12.1 Å². The van der Waals surface area contributed by atoms with Crippen molar-refractivity contribution in [1.29, 1.82) is 0 Å². The van der Waals surface area contributed by atoms with Gasteiger partial charge in [0.25, 0.3) is 0 Å². The number of ether oxygens (including phenoxy) is 2. The molecule has 0 radical (unpaired) electrons. The summed E-state index contributed by atoms with van der Waals surface area (Å²) in [6.07, 6.45) is 4.12. The lowest BCUT2D eigenvalue weighted by atomic mass is 10.1. The van der Waals surface area contributed by atoms with Gasteiger partial charge in [-0.1, -0.05) is 6.07 Å².